The number of hydrogen-bond donors (Lipinski definition) is 1. The summed E-state index contributed by atoms with van der Waals surface area (Å²) >= 11 is 1.77. The molecule has 1 aliphatic rings. The zero-order valence-corrected chi connectivity index (χ0v) is 12.3. The van der Waals surface area contributed by atoms with E-state index in [0.29, 0.717) is 6.04 Å². The van der Waals surface area contributed by atoms with E-state index in [2.05, 4.69) is 24.1 Å². The molecule has 1 fully saturated rings. The van der Waals surface area contributed by atoms with Gasteiger partial charge in [0.25, 0.3) is 0 Å². The van der Waals surface area contributed by atoms with E-state index in [4.69, 9.17) is 4.74 Å². The highest BCUT2D eigenvalue weighted by Gasteiger charge is 2.22. The molecule has 1 saturated heterocycles. The lowest BCUT2D eigenvalue weighted by molar-refractivity contribution is 0.0533. The fourth-order valence-corrected chi connectivity index (χ4v) is 3.48. The van der Waals surface area contributed by atoms with E-state index in [0.717, 1.165) is 32.1 Å². The number of thiazole rings is 1. The van der Waals surface area contributed by atoms with Crippen LogP contribution < -0.4 is 5.32 Å². The van der Waals surface area contributed by atoms with Crippen molar-refractivity contribution < 1.29 is 4.74 Å². The highest BCUT2D eigenvalue weighted by molar-refractivity contribution is 7.09. The summed E-state index contributed by atoms with van der Waals surface area (Å²) in [5.74, 6) is 0.798. The molecule has 2 rings (SSSR count). The molecule has 0 spiro atoms. The molecule has 1 aromatic rings. The first-order valence-electron chi connectivity index (χ1n) is 7.01. The quantitative estimate of drug-likeness (QED) is 0.861. The van der Waals surface area contributed by atoms with E-state index in [1.165, 1.54) is 29.8 Å². The maximum atomic E-state index is 5.44. The van der Waals surface area contributed by atoms with Gasteiger partial charge in [0.2, 0.25) is 0 Å². The van der Waals surface area contributed by atoms with E-state index < -0.39 is 0 Å². The topological polar surface area (TPSA) is 34.2 Å². The fraction of sp³-hybridized carbons (Fsp3) is 0.786. The van der Waals surface area contributed by atoms with E-state index in [-0.39, 0.29) is 0 Å². The van der Waals surface area contributed by atoms with Gasteiger partial charge in [-0.05, 0) is 38.5 Å². The first-order chi connectivity index (χ1) is 8.81. The molecular weight excluding hydrogens is 244 g/mol. The smallest absolute Gasteiger partial charge is 0.0797 e. The van der Waals surface area contributed by atoms with Crippen LogP contribution in [0.15, 0.2) is 5.51 Å². The molecule has 0 bridgehead atoms. The van der Waals surface area contributed by atoms with Crippen LogP contribution in [-0.4, -0.2) is 30.8 Å². The van der Waals surface area contributed by atoms with Gasteiger partial charge in [-0.1, -0.05) is 6.92 Å². The summed E-state index contributed by atoms with van der Waals surface area (Å²) in [6, 6.07) is 0.655. The van der Waals surface area contributed by atoms with Crippen LogP contribution in [0.3, 0.4) is 0 Å². The summed E-state index contributed by atoms with van der Waals surface area (Å²) in [5.41, 5.74) is 3.14. The van der Waals surface area contributed by atoms with Gasteiger partial charge in [0, 0.05) is 30.7 Å². The Kier molecular flexibility index (Phi) is 5.60. The first kappa shape index (κ1) is 14.0. The summed E-state index contributed by atoms with van der Waals surface area (Å²) in [4.78, 5) is 5.72. The van der Waals surface area contributed by atoms with Crippen LogP contribution in [0.5, 0.6) is 0 Å². The Hall–Kier alpha value is -0.450. The molecule has 3 nitrogen and oxygen atoms in total. The molecule has 18 heavy (non-hydrogen) atoms. The molecule has 0 radical (unpaired) electrons. The Morgan fingerprint density at radius 1 is 1.50 bits per heavy atom. The standard InChI is InChI=1S/C14H24N2OS/c1-3-13(12-5-8-17-9-6-12)15-7-4-14-11(2)16-10-18-14/h10,12-13,15H,3-9H2,1-2H3. The average Bonchev–Trinajstić information content (AvgIpc) is 2.81. The molecule has 1 aromatic heterocycles. The van der Waals surface area contributed by atoms with Gasteiger partial charge in [0.15, 0.2) is 0 Å². The van der Waals surface area contributed by atoms with Gasteiger partial charge in [0.05, 0.1) is 11.2 Å². The minimum Gasteiger partial charge on any atom is -0.381 e. The largest absolute Gasteiger partial charge is 0.381 e. The maximum absolute atomic E-state index is 5.44. The third kappa shape index (κ3) is 3.77. The molecule has 0 aromatic carbocycles. The van der Waals surface area contributed by atoms with Gasteiger partial charge in [0.1, 0.15) is 0 Å². The van der Waals surface area contributed by atoms with Crippen molar-refractivity contribution in [2.24, 2.45) is 5.92 Å². The van der Waals surface area contributed by atoms with Crippen LogP contribution in [0.1, 0.15) is 36.8 Å². The molecule has 0 aliphatic carbocycles. The molecule has 102 valence electrons. The van der Waals surface area contributed by atoms with Gasteiger partial charge < -0.3 is 10.1 Å². The second-order valence-corrected chi connectivity index (χ2v) is 5.97. The van der Waals surface area contributed by atoms with Gasteiger partial charge in [-0.25, -0.2) is 4.98 Å². The zero-order valence-electron chi connectivity index (χ0n) is 11.4. The molecule has 1 atom stereocenters. The maximum Gasteiger partial charge on any atom is 0.0797 e. The van der Waals surface area contributed by atoms with Crippen molar-refractivity contribution in [3.05, 3.63) is 16.1 Å². The van der Waals surface area contributed by atoms with Gasteiger partial charge in [-0.3, -0.25) is 0 Å². The van der Waals surface area contributed by atoms with Crippen LogP contribution in [0.25, 0.3) is 0 Å². The molecule has 2 heterocycles. The van der Waals surface area contributed by atoms with Crippen molar-refractivity contribution in [2.75, 3.05) is 19.8 Å². The van der Waals surface area contributed by atoms with Crippen molar-refractivity contribution in [3.8, 4) is 0 Å². The molecular formula is C14H24N2OS. The van der Waals surface area contributed by atoms with Crippen LogP contribution >= 0.6 is 11.3 Å². The summed E-state index contributed by atoms with van der Waals surface area (Å²) in [5, 5.41) is 3.73. The second kappa shape index (κ2) is 7.22. The molecule has 1 N–H and O–H groups in total. The monoisotopic (exact) mass is 268 g/mol. The average molecular weight is 268 g/mol. The van der Waals surface area contributed by atoms with Crippen LogP contribution in [-0.2, 0) is 11.2 Å². The number of nitrogens with one attached hydrogen (secondary N) is 1. The van der Waals surface area contributed by atoms with Crippen LogP contribution in [0.2, 0.25) is 0 Å². The van der Waals surface area contributed by atoms with Crippen molar-refractivity contribution in [1.29, 1.82) is 0 Å². The lowest BCUT2D eigenvalue weighted by Gasteiger charge is -2.30. The zero-order chi connectivity index (χ0) is 12.8. The Balaban J connectivity index is 1.75. The van der Waals surface area contributed by atoms with Crippen LogP contribution in [0, 0.1) is 12.8 Å². The molecule has 1 aliphatic heterocycles. The summed E-state index contributed by atoms with van der Waals surface area (Å²) in [6.07, 6.45) is 4.75. The molecule has 0 saturated carbocycles. The SMILES string of the molecule is CCC(NCCc1scnc1C)C1CCOCC1. The van der Waals surface area contributed by atoms with Crippen molar-refractivity contribution in [3.63, 3.8) is 0 Å². The third-order valence-electron chi connectivity index (χ3n) is 3.88. The lowest BCUT2D eigenvalue weighted by atomic mass is 9.90. The number of aryl methyl sites for hydroxylation is 1. The Labute approximate surface area is 114 Å². The summed E-state index contributed by atoms with van der Waals surface area (Å²) in [6.45, 7) is 7.33. The normalized spacial score (nSPS) is 19.0. The van der Waals surface area contributed by atoms with Gasteiger partial charge in [-0.15, -0.1) is 11.3 Å². The first-order valence-corrected chi connectivity index (χ1v) is 7.89. The summed E-state index contributed by atoms with van der Waals surface area (Å²) < 4.78 is 5.44. The molecule has 1 unspecified atom stereocenters. The third-order valence-corrected chi connectivity index (χ3v) is 4.87. The van der Waals surface area contributed by atoms with E-state index >= 15 is 0 Å². The summed E-state index contributed by atoms with van der Waals surface area (Å²) in [7, 11) is 0. The Morgan fingerprint density at radius 3 is 2.89 bits per heavy atom. The Morgan fingerprint density at radius 2 is 2.28 bits per heavy atom. The highest BCUT2D eigenvalue weighted by Crippen LogP contribution is 2.21. The van der Waals surface area contributed by atoms with Crippen molar-refractivity contribution in [2.45, 2.75) is 45.6 Å². The van der Waals surface area contributed by atoms with Gasteiger partial charge in [-0.2, -0.15) is 0 Å². The number of hydrogen-bond acceptors (Lipinski definition) is 4. The van der Waals surface area contributed by atoms with Gasteiger partial charge >= 0.3 is 0 Å². The van der Waals surface area contributed by atoms with E-state index in [1.54, 1.807) is 11.3 Å². The molecule has 0 amide bonds. The number of rotatable bonds is 6. The number of nitrogens with zero attached hydrogens (tertiary/aromatic N) is 1. The minimum atomic E-state index is 0.655. The van der Waals surface area contributed by atoms with Crippen LogP contribution in [0.4, 0.5) is 0 Å². The molecule has 4 heteroatoms. The predicted octanol–water partition coefficient (Wildman–Crippen LogP) is 2.79. The lowest BCUT2D eigenvalue weighted by Crippen LogP contribution is -2.39. The number of ether oxygens (including phenoxy) is 1. The minimum absolute atomic E-state index is 0.655. The van der Waals surface area contributed by atoms with Crippen molar-refractivity contribution in [1.82, 2.24) is 10.3 Å². The second-order valence-electron chi connectivity index (χ2n) is 5.03. The van der Waals surface area contributed by atoms with E-state index in [9.17, 15) is 0 Å². The predicted molar refractivity (Wildman–Crippen MR) is 76.2 cm³/mol. The fourth-order valence-electron chi connectivity index (χ4n) is 2.70. The van der Waals surface area contributed by atoms with Crippen molar-refractivity contribution >= 4 is 11.3 Å². The highest BCUT2D eigenvalue weighted by atomic mass is 32.1. The Bertz CT molecular complexity index is 347. The number of aromatic nitrogens is 1. The van der Waals surface area contributed by atoms with E-state index in [1.807, 2.05) is 5.51 Å².